The minimum atomic E-state index is -0.846. The number of aliphatic hydroxyl groups excluding tert-OH is 1. The summed E-state index contributed by atoms with van der Waals surface area (Å²) in [6, 6.07) is -0.0704. The Morgan fingerprint density at radius 1 is 1.26 bits per heavy atom. The molecule has 5 heteroatoms. The van der Waals surface area contributed by atoms with Crippen LogP contribution in [0.3, 0.4) is 0 Å². The Morgan fingerprint density at radius 2 is 1.79 bits per heavy atom. The Morgan fingerprint density at radius 3 is 2.11 bits per heavy atom. The first-order valence-corrected chi connectivity index (χ1v) is 6.74. The van der Waals surface area contributed by atoms with Crippen molar-refractivity contribution in [1.82, 2.24) is 4.90 Å². The van der Waals surface area contributed by atoms with Gasteiger partial charge in [-0.3, -0.25) is 9.59 Å². The molecule has 1 atom stereocenters. The van der Waals surface area contributed by atoms with Crippen molar-refractivity contribution in [2.75, 3.05) is 19.8 Å². The van der Waals surface area contributed by atoms with Crippen molar-refractivity contribution in [2.45, 2.75) is 47.6 Å². The molecule has 0 spiro atoms. The molecule has 0 aromatic rings. The van der Waals surface area contributed by atoms with Gasteiger partial charge in [-0.1, -0.05) is 20.8 Å². The first-order chi connectivity index (χ1) is 8.66. The number of carbonyl (C=O) groups excluding carboxylic acids is 2. The predicted molar refractivity (Wildman–Crippen MR) is 73.5 cm³/mol. The third kappa shape index (κ3) is 5.19. The van der Waals surface area contributed by atoms with Crippen molar-refractivity contribution >= 4 is 11.9 Å². The van der Waals surface area contributed by atoms with Gasteiger partial charge >= 0.3 is 5.97 Å². The average molecular weight is 273 g/mol. The summed E-state index contributed by atoms with van der Waals surface area (Å²) in [7, 11) is 0. The SMILES string of the molecule is CCOC(=O)C(C(=O)N(CCO)C(C)C)C(C)(C)C. The number of ether oxygens (including phenoxy) is 1. The highest BCUT2D eigenvalue weighted by Crippen LogP contribution is 2.29. The highest BCUT2D eigenvalue weighted by atomic mass is 16.5. The maximum absolute atomic E-state index is 12.6. The third-order valence-electron chi connectivity index (χ3n) is 2.88. The first kappa shape index (κ1) is 17.9. The van der Waals surface area contributed by atoms with Crippen molar-refractivity contribution < 1.29 is 19.4 Å². The summed E-state index contributed by atoms with van der Waals surface area (Å²) in [6.45, 7) is 11.3. The predicted octanol–water partition coefficient (Wildman–Crippen LogP) is 1.44. The number of esters is 1. The maximum Gasteiger partial charge on any atom is 0.319 e. The quantitative estimate of drug-likeness (QED) is 0.587. The number of hydrogen-bond acceptors (Lipinski definition) is 4. The van der Waals surface area contributed by atoms with Gasteiger partial charge in [-0.05, 0) is 26.2 Å². The number of nitrogens with zero attached hydrogens (tertiary/aromatic N) is 1. The second kappa shape index (κ2) is 7.48. The molecule has 0 fully saturated rings. The molecular formula is C14H27NO4. The summed E-state index contributed by atoms with van der Waals surface area (Å²) >= 11 is 0. The van der Waals surface area contributed by atoms with Crippen molar-refractivity contribution in [3.63, 3.8) is 0 Å². The topological polar surface area (TPSA) is 66.8 Å². The molecule has 0 saturated carbocycles. The zero-order chi connectivity index (χ0) is 15.2. The molecule has 0 aliphatic rings. The maximum atomic E-state index is 12.6. The zero-order valence-corrected chi connectivity index (χ0v) is 12.9. The summed E-state index contributed by atoms with van der Waals surface area (Å²) in [6.07, 6.45) is 0. The Balaban J connectivity index is 5.25. The molecule has 0 saturated heterocycles. The molecule has 0 bridgehead atoms. The lowest BCUT2D eigenvalue weighted by atomic mass is 9.79. The van der Waals surface area contributed by atoms with Gasteiger partial charge in [0.1, 0.15) is 5.92 Å². The molecule has 0 aromatic heterocycles. The van der Waals surface area contributed by atoms with Crippen LogP contribution in [0.2, 0.25) is 0 Å². The molecule has 0 aliphatic carbocycles. The number of hydrogen-bond donors (Lipinski definition) is 1. The van der Waals surface area contributed by atoms with Gasteiger partial charge in [-0.25, -0.2) is 0 Å². The molecule has 0 rings (SSSR count). The van der Waals surface area contributed by atoms with Crippen LogP contribution in [0.4, 0.5) is 0 Å². The highest BCUT2D eigenvalue weighted by molar-refractivity contribution is 5.98. The second-order valence-electron chi connectivity index (χ2n) is 5.90. The lowest BCUT2D eigenvalue weighted by Gasteiger charge is -2.34. The van der Waals surface area contributed by atoms with Crippen LogP contribution in [0.5, 0.6) is 0 Å². The van der Waals surface area contributed by atoms with Gasteiger partial charge in [0.15, 0.2) is 0 Å². The Kier molecular flexibility index (Phi) is 7.05. The molecule has 19 heavy (non-hydrogen) atoms. The van der Waals surface area contributed by atoms with Crippen LogP contribution >= 0.6 is 0 Å². The van der Waals surface area contributed by atoms with Crippen molar-refractivity contribution in [3.8, 4) is 0 Å². The van der Waals surface area contributed by atoms with E-state index in [1.165, 1.54) is 4.90 Å². The van der Waals surface area contributed by atoms with E-state index in [1.807, 2.05) is 34.6 Å². The van der Waals surface area contributed by atoms with Gasteiger partial charge in [0, 0.05) is 12.6 Å². The van der Waals surface area contributed by atoms with Crippen LogP contribution in [0.15, 0.2) is 0 Å². The molecule has 5 nitrogen and oxygen atoms in total. The molecule has 1 N–H and O–H groups in total. The molecular weight excluding hydrogens is 246 g/mol. The lowest BCUT2D eigenvalue weighted by molar-refractivity contribution is -0.161. The summed E-state index contributed by atoms with van der Waals surface area (Å²) in [4.78, 5) is 26.1. The third-order valence-corrected chi connectivity index (χ3v) is 2.88. The molecule has 112 valence electrons. The molecule has 0 radical (unpaired) electrons. The Bertz CT molecular complexity index is 307. The number of aliphatic hydroxyl groups is 1. The average Bonchev–Trinajstić information content (AvgIpc) is 2.23. The van der Waals surface area contributed by atoms with E-state index in [9.17, 15) is 9.59 Å². The van der Waals surface area contributed by atoms with E-state index in [4.69, 9.17) is 9.84 Å². The van der Waals surface area contributed by atoms with Gasteiger partial charge < -0.3 is 14.7 Å². The first-order valence-electron chi connectivity index (χ1n) is 6.74. The molecule has 0 aliphatic heterocycles. The molecule has 1 unspecified atom stereocenters. The fourth-order valence-corrected chi connectivity index (χ4v) is 1.95. The highest BCUT2D eigenvalue weighted by Gasteiger charge is 2.41. The monoisotopic (exact) mass is 273 g/mol. The van der Waals surface area contributed by atoms with Crippen molar-refractivity contribution in [2.24, 2.45) is 11.3 Å². The van der Waals surface area contributed by atoms with Gasteiger partial charge in [-0.15, -0.1) is 0 Å². The number of carbonyl (C=O) groups is 2. The fraction of sp³-hybridized carbons (Fsp3) is 0.857. The van der Waals surface area contributed by atoms with Crippen LogP contribution < -0.4 is 0 Å². The minimum absolute atomic E-state index is 0.0704. The Hall–Kier alpha value is -1.10. The van der Waals surface area contributed by atoms with E-state index >= 15 is 0 Å². The minimum Gasteiger partial charge on any atom is -0.465 e. The van der Waals surface area contributed by atoms with Crippen molar-refractivity contribution in [1.29, 1.82) is 0 Å². The van der Waals surface area contributed by atoms with Gasteiger partial charge in [0.25, 0.3) is 0 Å². The van der Waals surface area contributed by atoms with E-state index in [0.29, 0.717) is 0 Å². The zero-order valence-electron chi connectivity index (χ0n) is 12.9. The van der Waals surface area contributed by atoms with E-state index in [-0.39, 0.29) is 31.7 Å². The number of rotatable bonds is 6. The van der Waals surface area contributed by atoms with E-state index in [1.54, 1.807) is 6.92 Å². The smallest absolute Gasteiger partial charge is 0.319 e. The number of amides is 1. The summed E-state index contributed by atoms with van der Waals surface area (Å²) in [5.41, 5.74) is -0.522. The van der Waals surface area contributed by atoms with Gasteiger partial charge in [0.2, 0.25) is 5.91 Å². The van der Waals surface area contributed by atoms with E-state index < -0.39 is 17.3 Å². The van der Waals surface area contributed by atoms with Crippen LogP contribution in [-0.2, 0) is 14.3 Å². The van der Waals surface area contributed by atoms with E-state index in [2.05, 4.69) is 0 Å². The summed E-state index contributed by atoms with van der Waals surface area (Å²) in [5, 5.41) is 9.05. The normalized spacial score (nSPS) is 13.3. The molecule has 0 heterocycles. The lowest BCUT2D eigenvalue weighted by Crippen LogP contribution is -2.49. The van der Waals surface area contributed by atoms with Crippen LogP contribution in [-0.4, -0.2) is 47.7 Å². The van der Waals surface area contributed by atoms with Gasteiger partial charge in [-0.2, -0.15) is 0 Å². The van der Waals surface area contributed by atoms with Crippen molar-refractivity contribution in [3.05, 3.63) is 0 Å². The van der Waals surface area contributed by atoms with Crippen LogP contribution in [0.1, 0.15) is 41.5 Å². The van der Waals surface area contributed by atoms with Gasteiger partial charge in [0.05, 0.1) is 13.2 Å². The molecule has 1 amide bonds. The standard InChI is InChI=1S/C14H27NO4/c1-7-19-13(18)11(14(4,5)6)12(17)15(8-9-16)10(2)3/h10-11,16H,7-9H2,1-6H3. The van der Waals surface area contributed by atoms with Crippen LogP contribution in [0, 0.1) is 11.3 Å². The van der Waals surface area contributed by atoms with E-state index in [0.717, 1.165) is 0 Å². The fourth-order valence-electron chi connectivity index (χ4n) is 1.95. The Labute approximate surface area is 115 Å². The van der Waals surface area contributed by atoms with Crippen LogP contribution in [0.25, 0.3) is 0 Å². The summed E-state index contributed by atoms with van der Waals surface area (Å²) in [5.74, 6) is -1.63. The summed E-state index contributed by atoms with van der Waals surface area (Å²) < 4.78 is 5.01. The largest absolute Gasteiger partial charge is 0.465 e. The second-order valence-corrected chi connectivity index (χ2v) is 5.90. The molecule has 0 aromatic carbocycles.